The van der Waals surface area contributed by atoms with Crippen LogP contribution >= 0.6 is 0 Å². The Morgan fingerprint density at radius 1 is 1.38 bits per heavy atom. The van der Waals surface area contributed by atoms with Crippen molar-refractivity contribution in [2.45, 2.75) is 32.0 Å². The second-order valence-corrected chi connectivity index (χ2v) is 5.17. The van der Waals surface area contributed by atoms with Crippen LogP contribution in [0.5, 0.6) is 0 Å². The van der Waals surface area contributed by atoms with E-state index in [1.165, 1.54) is 12.1 Å². The van der Waals surface area contributed by atoms with Gasteiger partial charge in [0.1, 0.15) is 0 Å². The minimum atomic E-state index is -4.31. The molecule has 2 aromatic rings. The number of alkyl halides is 3. The van der Waals surface area contributed by atoms with Crippen LogP contribution in [0.4, 0.5) is 19.1 Å². The largest absolute Gasteiger partial charge is 0.416 e. The van der Waals surface area contributed by atoms with E-state index < -0.39 is 11.7 Å². The van der Waals surface area contributed by atoms with Gasteiger partial charge in [0.05, 0.1) is 17.3 Å². The lowest BCUT2D eigenvalue weighted by atomic mass is 10.00. The summed E-state index contributed by atoms with van der Waals surface area (Å²) in [4.78, 5) is 4.45. The molecule has 0 saturated carbocycles. The van der Waals surface area contributed by atoms with Crippen molar-refractivity contribution >= 4 is 5.95 Å². The maximum Gasteiger partial charge on any atom is 0.416 e. The molecular formula is C15H16F3N3. The van der Waals surface area contributed by atoms with Crippen LogP contribution in [-0.2, 0) is 12.6 Å². The number of fused-ring (bicyclic) bond motifs is 1. The SMILES string of the molecule is CCc1cn2c(n1)NCCC2c1cccc(C(F)(F)F)c1. The molecule has 6 heteroatoms. The van der Waals surface area contributed by atoms with E-state index in [0.29, 0.717) is 12.1 Å². The molecule has 0 fully saturated rings. The molecule has 0 saturated heterocycles. The lowest BCUT2D eigenvalue weighted by Gasteiger charge is -2.26. The Hall–Kier alpha value is -1.98. The molecule has 1 unspecified atom stereocenters. The molecule has 21 heavy (non-hydrogen) atoms. The number of imidazole rings is 1. The maximum absolute atomic E-state index is 12.9. The van der Waals surface area contributed by atoms with Crippen LogP contribution < -0.4 is 5.32 Å². The first-order chi connectivity index (χ1) is 9.99. The lowest BCUT2D eigenvalue weighted by Crippen LogP contribution is -2.23. The number of benzene rings is 1. The molecule has 0 spiro atoms. The molecule has 1 aliphatic rings. The predicted molar refractivity (Wildman–Crippen MR) is 74.3 cm³/mol. The maximum atomic E-state index is 12.9. The summed E-state index contributed by atoms with van der Waals surface area (Å²) in [6.07, 6.45) is -0.841. The van der Waals surface area contributed by atoms with Gasteiger partial charge in [0.15, 0.2) is 0 Å². The number of aryl methyl sites for hydroxylation is 1. The molecule has 1 atom stereocenters. The van der Waals surface area contributed by atoms with Gasteiger partial charge in [-0.2, -0.15) is 13.2 Å². The molecular weight excluding hydrogens is 279 g/mol. The fraction of sp³-hybridized carbons (Fsp3) is 0.400. The van der Waals surface area contributed by atoms with Crippen LogP contribution in [-0.4, -0.2) is 16.1 Å². The van der Waals surface area contributed by atoms with Crippen LogP contribution in [0.3, 0.4) is 0 Å². The summed E-state index contributed by atoms with van der Waals surface area (Å²) in [7, 11) is 0. The van der Waals surface area contributed by atoms with E-state index in [1.807, 2.05) is 17.7 Å². The van der Waals surface area contributed by atoms with Crippen molar-refractivity contribution in [1.82, 2.24) is 9.55 Å². The van der Waals surface area contributed by atoms with Crippen molar-refractivity contribution in [1.29, 1.82) is 0 Å². The van der Waals surface area contributed by atoms with Crippen LogP contribution in [0, 0.1) is 0 Å². The summed E-state index contributed by atoms with van der Waals surface area (Å²) in [5, 5.41) is 3.19. The third-order valence-corrected chi connectivity index (χ3v) is 3.78. The lowest BCUT2D eigenvalue weighted by molar-refractivity contribution is -0.137. The van der Waals surface area contributed by atoms with Gasteiger partial charge in [0.2, 0.25) is 5.95 Å². The van der Waals surface area contributed by atoms with Crippen molar-refractivity contribution in [2.75, 3.05) is 11.9 Å². The van der Waals surface area contributed by atoms with Crippen molar-refractivity contribution < 1.29 is 13.2 Å². The highest BCUT2D eigenvalue weighted by atomic mass is 19.4. The summed E-state index contributed by atoms with van der Waals surface area (Å²) in [6, 6.07) is 5.47. The predicted octanol–water partition coefficient (Wildman–Crippen LogP) is 3.87. The summed E-state index contributed by atoms with van der Waals surface area (Å²) in [5.74, 6) is 0.737. The third-order valence-electron chi connectivity index (χ3n) is 3.78. The summed E-state index contributed by atoms with van der Waals surface area (Å²) in [5.41, 5.74) is 1.01. The Bertz CT molecular complexity index is 646. The normalized spacial score (nSPS) is 18.2. The van der Waals surface area contributed by atoms with Gasteiger partial charge in [0, 0.05) is 12.7 Å². The number of hydrogen-bond donors (Lipinski definition) is 1. The molecule has 0 bridgehead atoms. The minimum Gasteiger partial charge on any atom is -0.356 e. The van der Waals surface area contributed by atoms with Gasteiger partial charge in [-0.1, -0.05) is 19.1 Å². The zero-order valence-corrected chi connectivity index (χ0v) is 11.6. The van der Waals surface area contributed by atoms with Crippen LogP contribution in [0.25, 0.3) is 0 Å². The van der Waals surface area contributed by atoms with Gasteiger partial charge < -0.3 is 9.88 Å². The zero-order valence-electron chi connectivity index (χ0n) is 11.6. The monoisotopic (exact) mass is 295 g/mol. The van der Waals surface area contributed by atoms with E-state index in [0.717, 1.165) is 30.6 Å². The van der Waals surface area contributed by atoms with Gasteiger partial charge >= 0.3 is 6.18 Å². The standard InChI is InChI=1S/C15H16F3N3/c1-2-12-9-21-13(6-7-19-14(21)20-12)10-4-3-5-11(8-10)15(16,17)18/h3-5,8-9,13H,2,6-7H2,1H3,(H,19,20). The molecule has 3 nitrogen and oxygen atoms in total. The van der Waals surface area contributed by atoms with Crippen molar-refractivity contribution in [2.24, 2.45) is 0 Å². The first-order valence-corrected chi connectivity index (χ1v) is 6.98. The minimum absolute atomic E-state index is 0.101. The molecule has 1 aromatic carbocycles. The van der Waals surface area contributed by atoms with Gasteiger partial charge in [-0.05, 0) is 30.5 Å². The first-order valence-electron chi connectivity index (χ1n) is 6.98. The molecule has 0 radical (unpaired) electrons. The summed E-state index contributed by atoms with van der Waals surface area (Å²) >= 11 is 0. The molecule has 1 aliphatic heterocycles. The highest BCUT2D eigenvalue weighted by molar-refractivity contribution is 5.37. The number of nitrogens with zero attached hydrogens (tertiary/aromatic N) is 2. The highest BCUT2D eigenvalue weighted by Crippen LogP contribution is 2.34. The average Bonchev–Trinajstić information content (AvgIpc) is 2.89. The number of hydrogen-bond acceptors (Lipinski definition) is 2. The highest BCUT2D eigenvalue weighted by Gasteiger charge is 2.31. The van der Waals surface area contributed by atoms with Gasteiger partial charge in [0.25, 0.3) is 0 Å². The number of rotatable bonds is 2. The van der Waals surface area contributed by atoms with Crippen molar-refractivity contribution in [3.8, 4) is 0 Å². The smallest absolute Gasteiger partial charge is 0.356 e. The fourth-order valence-electron chi connectivity index (χ4n) is 2.69. The Morgan fingerprint density at radius 2 is 2.19 bits per heavy atom. The Balaban J connectivity index is 2.01. The number of anilines is 1. The Kier molecular flexibility index (Phi) is 3.39. The van der Waals surface area contributed by atoms with Gasteiger partial charge in [-0.3, -0.25) is 0 Å². The average molecular weight is 295 g/mol. The van der Waals surface area contributed by atoms with E-state index in [9.17, 15) is 13.2 Å². The van der Waals surface area contributed by atoms with Crippen LogP contribution in [0.1, 0.15) is 36.2 Å². The molecule has 112 valence electrons. The van der Waals surface area contributed by atoms with Crippen molar-refractivity contribution in [3.63, 3.8) is 0 Å². The van der Waals surface area contributed by atoms with E-state index in [2.05, 4.69) is 10.3 Å². The van der Waals surface area contributed by atoms with Crippen LogP contribution in [0.2, 0.25) is 0 Å². The quantitative estimate of drug-likeness (QED) is 0.911. The second kappa shape index (κ2) is 5.09. The molecule has 2 heterocycles. The third kappa shape index (κ3) is 2.62. The zero-order chi connectivity index (χ0) is 15.0. The van der Waals surface area contributed by atoms with Gasteiger partial charge in [-0.25, -0.2) is 4.98 Å². The first kappa shape index (κ1) is 14.0. The van der Waals surface area contributed by atoms with E-state index >= 15 is 0 Å². The van der Waals surface area contributed by atoms with E-state index in [1.54, 1.807) is 6.07 Å². The Morgan fingerprint density at radius 3 is 2.90 bits per heavy atom. The number of halogens is 3. The summed E-state index contributed by atoms with van der Waals surface area (Å²) in [6.45, 7) is 2.72. The molecule has 3 rings (SSSR count). The van der Waals surface area contributed by atoms with Crippen LogP contribution in [0.15, 0.2) is 30.5 Å². The molecule has 0 aliphatic carbocycles. The van der Waals surface area contributed by atoms with E-state index in [-0.39, 0.29) is 6.04 Å². The Labute approximate surface area is 120 Å². The molecule has 0 amide bonds. The van der Waals surface area contributed by atoms with Crippen molar-refractivity contribution in [3.05, 3.63) is 47.3 Å². The molecule has 1 aromatic heterocycles. The number of aromatic nitrogens is 2. The topological polar surface area (TPSA) is 29.9 Å². The van der Waals surface area contributed by atoms with E-state index in [4.69, 9.17) is 0 Å². The van der Waals surface area contributed by atoms with Gasteiger partial charge in [-0.15, -0.1) is 0 Å². The number of nitrogens with one attached hydrogen (secondary N) is 1. The second-order valence-electron chi connectivity index (χ2n) is 5.17. The molecule has 1 N–H and O–H groups in total. The summed E-state index contributed by atoms with van der Waals surface area (Å²) < 4.78 is 40.5. The fourth-order valence-corrected chi connectivity index (χ4v) is 2.69.